The van der Waals surface area contributed by atoms with E-state index < -0.39 is 0 Å². The monoisotopic (exact) mass is 422 g/mol. The number of piperidine rings is 1. The lowest BCUT2D eigenvalue weighted by molar-refractivity contribution is -0.144. The second-order valence-corrected chi connectivity index (χ2v) is 11.0. The van der Waals surface area contributed by atoms with E-state index in [1.165, 1.54) is 13.0 Å². The molecular formula is C24H46N4O2. The smallest absolute Gasteiger partial charge is 0.242 e. The topological polar surface area (TPSA) is 55.9 Å². The molecule has 1 N–H and O–H groups in total. The summed E-state index contributed by atoms with van der Waals surface area (Å²) in [6, 6.07) is -0.126. The Morgan fingerprint density at radius 2 is 1.73 bits per heavy atom. The Morgan fingerprint density at radius 3 is 2.27 bits per heavy atom. The van der Waals surface area contributed by atoms with Gasteiger partial charge in [-0.1, -0.05) is 34.6 Å². The van der Waals surface area contributed by atoms with E-state index in [0.717, 1.165) is 50.7 Å². The largest absolute Gasteiger partial charge is 0.341 e. The van der Waals surface area contributed by atoms with Gasteiger partial charge < -0.3 is 20.0 Å². The SMILES string of the molecule is CC(C)C.CC(C)CC1NCCN(CC(=O)N2CCC3(CC2)CC3CN(C)C)C1=O. The first kappa shape index (κ1) is 25.1. The Bertz CT molecular complexity index is 565. The third-order valence-corrected chi connectivity index (χ3v) is 6.47. The highest BCUT2D eigenvalue weighted by atomic mass is 16.2. The second kappa shape index (κ2) is 10.9. The molecule has 2 amide bonds. The highest BCUT2D eigenvalue weighted by Gasteiger charge is 2.54. The van der Waals surface area contributed by atoms with Gasteiger partial charge >= 0.3 is 0 Å². The van der Waals surface area contributed by atoms with Crippen LogP contribution in [0.2, 0.25) is 0 Å². The van der Waals surface area contributed by atoms with Gasteiger partial charge in [-0.2, -0.15) is 0 Å². The number of piperazine rings is 1. The number of rotatable bonds is 6. The number of likely N-dealkylation sites (tertiary alicyclic amines) is 1. The zero-order chi connectivity index (χ0) is 22.5. The van der Waals surface area contributed by atoms with Gasteiger partial charge in [0.05, 0.1) is 12.6 Å². The number of carbonyl (C=O) groups excluding carboxylic acids is 2. The molecule has 3 rings (SSSR count). The molecular weight excluding hydrogens is 376 g/mol. The second-order valence-electron chi connectivity index (χ2n) is 11.0. The molecule has 2 saturated heterocycles. The molecule has 0 aromatic heterocycles. The van der Waals surface area contributed by atoms with Crippen LogP contribution in [0.25, 0.3) is 0 Å². The minimum Gasteiger partial charge on any atom is -0.341 e. The Hall–Kier alpha value is -1.14. The van der Waals surface area contributed by atoms with Crippen LogP contribution in [0.3, 0.4) is 0 Å². The Morgan fingerprint density at radius 1 is 1.13 bits per heavy atom. The molecule has 2 unspecified atom stereocenters. The summed E-state index contributed by atoms with van der Waals surface area (Å²) in [6.45, 7) is 15.3. The van der Waals surface area contributed by atoms with Crippen LogP contribution in [0.5, 0.6) is 0 Å². The number of nitrogens with zero attached hydrogens (tertiary/aromatic N) is 3. The van der Waals surface area contributed by atoms with Crippen molar-refractivity contribution < 1.29 is 9.59 Å². The first-order valence-corrected chi connectivity index (χ1v) is 12.0. The van der Waals surface area contributed by atoms with Crippen molar-refractivity contribution in [3.8, 4) is 0 Å². The molecule has 0 bridgehead atoms. The van der Waals surface area contributed by atoms with Gasteiger partial charge in [0.1, 0.15) is 0 Å². The summed E-state index contributed by atoms with van der Waals surface area (Å²) in [7, 11) is 4.28. The van der Waals surface area contributed by atoms with E-state index in [1.807, 2.05) is 4.90 Å². The molecule has 6 heteroatoms. The third kappa shape index (κ3) is 7.23. The summed E-state index contributed by atoms with van der Waals surface area (Å²) in [4.78, 5) is 31.4. The summed E-state index contributed by atoms with van der Waals surface area (Å²) in [5, 5.41) is 3.30. The van der Waals surface area contributed by atoms with Crippen LogP contribution >= 0.6 is 0 Å². The molecule has 1 aliphatic carbocycles. The van der Waals surface area contributed by atoms with Gasteiger partial charge in [0, 0.05) is 32.7 Å². The molecule has 2 atom stereocenters. The zero-order valence-corrected chi connectivity index (χ0v) is 20.5. The van der Waals surface area contributed by atoms with E-state index in [0.29, 0.717) is 17.9 Å². The van der Waals surface area contributed by atoms with E-state index in [4.69, 9.17) is 0 Å². The summed E-state index contributed by atoms with van der Waals surface area (Å²) in [6.07, 6.45) is 4.41. The highest BCUT2D eigenvalue weighted by molar-refractivity contribution is 5.88. The lowest BCUT2D eigenvalue weighted by Gasteiger charge is -2.37. The summed E-state index contributed by atoms with van der Waals surface area (Å²) in [5.74, 6) is 2.34. The molecule has 0 aromatic rings. The van der Waals surface area contributed by atoms with Gasteiger partial charge in [-0.05, 0) is 62.9 Å². The summed E-state index contributed by atoms with van der Waals surface area (Å²) < 4.78 is 0. The van der Waals surface area contributed by atoms with Crippen molar-refractivity contribution in [2.45, 2.75) is 66.3 Å². The van der Waals surface area contributed by atoms with Crippen molar-refractivity contribution in [3.05, 3.63) is 0 Å². The van der Waals surface area contributed by atoms with E-state index in [1.54, 1.807) is 4.90 Å². The molecule has 1 saturated carbocycles. The van der Waals surface area contributed by atoms with Crippen molar-refractivity contribution in [3.63, 3.8) is 0 Å². The van der Waals surface area contributed by atoms with E-state index in [-0.39, 0.29) is 24.4 Å². The Labute approximate surface area is 184 Å². The molecule has 0 radical (unpaired) electrons. The van der Waals surface area contributed by atoms with Crippen molar-refractivity contribution in [2.75, 3.05) is 53.4 Å². The molecule has 30 heavy (non-hydrogen) atoms. The molecule has 2 heterocycles. The van der Waals surface area contributed by atoms with Crippen LogP contribution in [0.15, 0.2) is 0 Å². The zero-order valence-electron chi connectivity index (χ0n) is 20.5. The first-order valence-electron chi connectivity index (χ1n) is 12.0. The van der Waals surface area contributed by atoms with Gasteiger partial charge in [-0.25, -0.2) is 0 Å². The Kier molecular flexibility index (Phi) is 9.16. The standard InChI is InChI=1S/C20H36N4O2.C4H10/c1-15(2)11-17-19(26)24(10-7-21-17)14-18(25)23-8-5-20(6-9-23)12-16(20)13-22(3)4;1-4(2)3/h15-17,21H,5-14H2,1-4H3;4H,1-3H3. The normalized spacial score (nSPS) is 25.7. The van der Waals surface area contributed by atoms with Crippen molar-refractivity contribution in [2.24, 2.45) is 23.2 Å². The van der Waals surface area contributed by atoms with Gasteiger partial charge in [0.2, 0.25) is 11.8 Å². The lowest BCUT2D eigenvalue weighted by Crippen LogP contribution is -2.57. The van der Waals surface area contributed by atoms with Crippen LogP contribution in [-0.2, 0) is 9.59 Å². The number of nitrogens with one attached hydrogen (secondary N) is 1. The number of hydrogen-bond donors (Lipinski definition) is 1. The third-order valence-electron chi connectivity index (χ3n) is 6.47. The fraction of sp³-hybridized carbons (Fsp3) is 0.917. The predicted molar refractivity (Wildman–Crippen MR) is 123 cm³/mol. The highest BCUT2D eigenvalue weighted by Crippen LogP contribution is 2.59. The van der Waals surface area contributed by atoms with Crippen molar-refractivity contribution >= 4 is 11.8 Å². The molecule has 2 aliphatic heterocycles. The van der Waals surface area contributed by atoms with Crippen molar-refractivity contribution in [1.82, 2.24) is 20.0 Å². The van der Waals surface area contributed by atoms with Crippen LogP contribution in [0, 0.1) is 23.2 Å². The van der Waals surface area contributed by atoms with E-state index in [9.17, 15) is 9.59 Å². The molecule has 0 aromatic carbocycles. The van der Waals surface area contributed by atoms with Gasteiger partial charge in [-0.15, -0.1) is 0 Å². The van der Waals surface area contributed by atoms with Gasteiger partial charge in [0.25, 0.3) is 0 Å². The average Bonchev–Trinajstić information content (AvgIpc) is 3.28. The number of carbonyl (C=O) groups is 2. The number of hydrogen-bond acceptors (Lipinski definition) is 4. The maximum atomic E-state index is 12.7. The Balaban J connectivity index is 0.000000735. The molecule has 3 aliphatic rings. The van der Waals surface area contributed by atoms with Gasteiger partial charge in [0.15, 0.2) is 0 Å². The average molecular weight is 423 g/mol. The fourth-order valence-corrected chi connectivity index (χ4v) is 4.81. The van der Waals surface area contributed by atoms with Crippen LogP contribution in [0.1, 0.15) is 60.3 Å². The maximum Gasteiger partial charge on any atom is 0.242 e. The summed E-state index contributed by atoms with van der Waals surface area (Å²) >= 11 is 0. The quantitative estimate of drug-likeness (QED) is 0.715. The molecule has 174 valence electrons. The number of amides is 2. The lowest BCUT2D eigenvalue weighted by atomic mass is 9.90. The molecule has 6 nitrogen and oxygen atoms in total. The van der Waals surface area contributed by atoms with Crippen molar-refractivity contribution in [1.29, 1.82) is 0 Å². The molecule has 3 fully saturated rings. The van der Waals surface area contributed by atoms with Crippen LogP contribution < -0.4 is 5.32 Å². The van der Waals surface area contributed by atoms with E-state index in [2.05, 4.69) is 58.9 Å². The summed E-state index contributed by atoms with van der Waals surface area (Å²) in [5.41, 5.74) is 0.494. The van der Waals surface area contributed by atoms with Gasteiger partial charge in [-0.3, -0.25) is 9.59 Å². The minimum atomic E-state index is -0.126. The molecule has 1 spiro atoms. The maximum absolute atomic E-state index is 12.7. The van der Waals surface area contributed by atoms with Crippen LogP contribution in [-0.4, -0.2) is 85.9 Å². The minimum absolute atomic E-state index is 0.0972. The van der Waals surface area contributed by atoms with E-state index >= 15 is 0 Å². The van der Waals surface area contributed by atoms with Crippen LogP contribution in [0.4, 0.5) is 0 Å². The predicted octanol–water partition coefficient (Wildman–Crippen LogP) is 2.69. The fourth-order valence-electron chi connectivity index (χ4n) is 4.81. The first-order chi connectivity index (χ1) is 14.0.